The van der Waals surface area contributed by atoms with Crippen LogP contribution in [0, 0.1) is 11.6 Å². The number of aliphatic hydroxyl groups excluding tert-OH is 1. The predicted molar refractivity (Wildman–Crippen MR) is 66.6 cm³/mol. The molecule has 0 aliphatic heterocycles. The van der Waals surface area contributed by atoms with E-state index < -0.39 is 17.7 Å². The average Bonchev–Trinajstić information content (AvgIpc) is 2.85. The number of benzene rings is 1. The molecule has 2 aromatic rings. The third-order valence-corrected chi connectivity index (χ3v) is 3.68. The molecule has 1 aliphatic rings. The van der Waals surface area contributed by atoms with Crippen molar-refractivity contribution in [2.75, 3.05) is 0 Å². The van der Waals surface area contributed by atoms with E-state index >= 15 is 0 Å². The molecule has 2 unspecified atom stereocenters. The summed E-state index contributed by atoms with van der Waals surface area (Å²) in [7, 11) is 0. The Morgan fingerprint density at radius 3 is 2.89 bits per heavy atom. The number of aromatic nitrogens is 1. The van der Waals surface area contributed by atoms with Crippen LogP contribution in [0.1, 0.15) is 35.3 Å². The summed E-state index contributed by atoms with van der Waals surface area (Å²) in [5.41, 5.74) is 1.87. The Morgan fingerprint density at radius 2 is 2.05 bits per heavy atom. The summed E-state index contributed by atoms with van der Waals surface area (Å²) in [4.78, 5) is 4.26. The number of hydrogen-bond acceptors (Lipinski definition) is 2. The second kappa shape index (κ2) is 4.70. The minimum atomic E-state index is -1.06. The van der Waals surface area contributed by atoms with Gasteiger partial charge in [0.2, 0.25) is 0 Å². The van der Waals surface area contributed by atoms with Crippen LogP contribution in [0.15, 0.2) is 36.5 Å². The van der Waals surface area contributed by atoms with E-state index in [9.17, 15) is 13.9 Å². The highest BCUT2D eigenvalue weighted by atomic mass is 19.2. The minimum absolute atomic E-state index is 0.00324. The van der Waals surface area contributed by atoms with Gasteiger partial charge in [-0.2, -0.15) is 0 Å². The van der Waals surface area contributed by atoms with Gasteiger partial charge in [0.25, 0.3) is 0 Å². The monoisotopic (exact) mass is 261 g/mol. The third kappa shape index (κ3) is 2.02. The van der Waals surface area contributed by atoms with Crippen molar-refractivity contribution in [2.24, 2.45) is 0 Å². The van der Waals surface area contributed by atoms with Gasteiger partial charge in [0.05, 0.1) is 6.10 Å². The van der Waals surface area contributed by atoms with Gasteiger partial charge in [-0.05, 0) is 30.5 Å². The van der Waals surface area contributed by atoms with Crippen LogP contribution < -0.4 is 0 Å². The van der Waals surface area contributed by atoms with E-state index in [-0.39, 0.29) is 11.5 Å². The van der Waals surface area contributed by atoms with E-state index in [4.69, 9.17) is 0 Å². The van der Waals surface area contributed by atoms with E-state index in [1.807, 2.05) is 12.1 Å². The molecule has 19 heavy (non-hydrogen) atoms. The van der Waals surface area contributed by atoms with Crippen LogP contribution in [-0.4, -0.2) is 10.1 Å². The van der Waals surface area contributed by atoms with Gasteiger partial charge < -0.3 is 5.11 Å². The molecule has 1 heterocycles. The highest BCUT2D eigenvalue weighted by molar-refractivity contribution is 5.33. The van der Waals surface area contributed by atoms with Gasteiger partial charge in [-0.15, -0.1) is 0 Å². The number of pyridine rings is 1. The maximum absolute atomic E-state index is 13.7. The number of fused-ring (bicyclic) bond motifs is 1. The summed E-state index contributed by atoms with van der Waals surface area (Å²) in [5, 5.41) is 10.3. The van der Waals surface area contributed by atoms with Gasteiger partial charge in [0.15, 0.2) is 11.6 Å². The molecule has 0 spiro atoms. The molecule has 2 nitrogen and oxygen atoms in total. The van der Waals surface area contributed by atoms with Crippen molar-refractivity contribution >= 4 is 0 Å². The first-order valence-electron chi connectivity index (χ1n) is 6.24. The largest absolute Gasteiger partial charge is 0.388 e. The number of hydrogen-bond donors (Lipinski definition) is 1. The smallest absolute Gasteiger partial charge is 0.164 e. The first-order valence-corrected chi connectivity index (χ1v) is 6.24. The Morgan fingerprint density at radius 1 is 1.21 bits per heavy atom. The highest BCUT2D eigenvalue weighted by Gasteiger charge is 2.32. The lowest BCUT2D eigenvalue weighted by Gasteiger charge is -2.19. The first kappa shape index (κ1) is 12.2. The Kier molecular flexibility index (Phi) is 3.03. The quantitative estimate of drug-likeness (QED) is 0.901. The second-order valence-electron chi connectivity index (χ2n) is 4.78. The Balaban J connectivity index is 1.98. The van der Waals surface area contributed by atoms with Gasteiger partial charge in [-0.3, -0.25) is 4.98 Å². The SMILES string of the molecule is OC(c1cccc(F)c1F)C1CCc2cccnc21. The summed E-state index contributed by atoms with van der Waals surface area (Å²) in [6.45, 7) is 0. The molecule has 2 atom stereocenters. The molecule has 1 aromatic heterocycles. The molecule has 0 saturated heterocycles. The molecule has 0 saturated carbocycles. The summed E-state index contributed by atoms with van der Waals surface area (Å²) >= 11 is 0. The van der Waals surface area contributed by atoms with Crippen LogP contribution in [0.2, 0.25) is 0 Å². The average molecular weight is 261 g/mol. The lowest BCUT2D eigenvalue weighted by Crippen LogP contribution is -2.11. The van der Waals surface area contributed by atoms with Gasteiger partial charge >= 0.3 is 0 Å². The summed E-state index contributed by atoms with van der Waals surface area (Å²) in [6.07, 6.45) is 2.10. The van der Waals surface area contributed by atoms with E-state index in [0.29, 0.717) is 6.42 Å². The molecule has 3 rings (SSSR count). The van der Waals surface area contributed by atoms with E-state index in [1.165, 1.54) is 12.1 Å². The van der Waals surface area contributed by atoms with Crippen molar-refractivity contribution < 1.29 is 13.9 Å². The zero-order chi connectivity index (χ0) is 13.4. The topological polar surface area (TPSA) is 33.1 Å². The van der Waals surface area contributed by atoms with Crippen LogP contribution in [-0.2, 0) is 6.42 Å². The maximum Gasteiger partial charge on any atom is 0.164 e. The van der Waals surface area contributed by atoms with Crippen molar-refractivity contribution in [1.82, 2.24) is 4.98 Å². The van der Waals surface area contributed by atoms with Gasteiger partial charge in [-0.1, -0.05) is 18.2 Å². The zero-order valence-corrected chi connectivity index (χ0v) is 10.2. The standard InChI is InChI=1S/C15H13F2NO/c16-12-5-1-4-10(13(12)17)15(19)11-7-6-9-3-2-8-18-14(9)11/h1-5,8,11,15,19H,6-7H2. The number of halogens is 2. The summed E-state index contributed by atoms with van der Waals surface area (Å²) < 4.78 is 26.9. The lowest BCUT2D eigenvalue weighted by molar-refractivity contribution is 0.138. The van der Waals surface area contributed by atoms with Crippen LogP contribution in [0.4, 0.5) is 8.78 Å². The molecular formula is C15H13F2NO. The third-order valence-electron chi connectivity index (χ3n) is 3.68. The first-order chi connectivity index (χ1) is 9.18. The number of rotatable bonds is 2. The van der Waals surface area contributed by atoms with Crippen LogP contribution in [0.5, 0.6) is 0 Å². The number of nitrogens with zero attached hydrogens (tertiary/aromatic N) is 1. The molecule has 0 radical (unpaired) electrons. The molecule has 1 aromatic carbocycles. The molecule has 0 bridgehead atoms. The van der Waals surface area contributed by atoms with Crippen molar-refractivity contribution in [2.45, 2.75) is 24.9 Å². The van der Waals surface area contributed by atoms with Crippen molar-refractivity contribution in [3.05, 3.63) is 65.0 Å². The molecule has 4 heteroatoms. The summed E-state index contributed by atoms with van der Waals surface area (Å²) in [5.74, 6) is -2.18. The molecular weight excluding hydrogens is 248 g/mol. The Bertz CT molecular complexity index is 615. The van der Waals surface area contributed by atoms with Crippen molar-refractivity contribution in [3.8, 4) is 0 Å². The highest BCUT2D eigenvalue weighted by Crippen LogP contribution is 2.41. The van der Waals surface area contributed by atoms with Crippen molar-refractivity contribution in [3.63, 3.8) is 0 Å². The zero-order valence-electron chi connectivity index (χ0n) is 10.2. The van der Waals surface area contributed by atoms with Crippen molar-refractivity contribution in [1.29, 1.82) is 0 Å². The van der Waals surface area contributed by atoms with E-state index in [2.05, 4.69) is 4.98 Å². The van der Waals surface area contributed by atoms with E-state index in [0.717, 1.165) is 23.7 Å². The van der Waals surface area contributed by atoms with Crippen LogP contribution >= 0.6 is 0 Å². The lowest BCUT2D eigenvalue weighted by atomic mass is 9.93. The summed E-state index contributed by atoms with van der Waals surface area (Å²) in [6, 6.07) is 7.68. The molecule has 1 N–H and O–H groups in total. The molecule has 98 valence electrons. The van der Waals surface area contributed by atoms with Crippen LogP contribution in [0.25, 0.3) is 0 Å². The van der Waals surface area contributed by atoms with Gasteiger partial charge in [0.1, 0.15) is 0 Å². The second-order valence-corrected chi connectivity index (χ2v) is 4.78. The predicted octanol–water partition coefficient (Wildman–Crippen LogP) is 3.12. The normalized spacial score (nSPS) is 19.2. The number of aliphatic hydroxyl groups is 1. The maximum atomic E-state index is 13.7. The molecule has 0 amide bonds. The number of aryl methyl sites for hydroxylation is 1. The Labute approximate surface area is 109 Å². The fourth-order valence-corrected chi connectivity index (χ4v) is 2.72. The van der Waals surface area contributed by atoms with Crippen LogP contribution in [0.3, 0.4) is 0 Å². The minimum Gasteiger partial charge on any atom is -0.388 e. The van der Waals surface area contributed by atoms with Gasteiger partial charge in [0, 0.05) is 23.4 Å². The molecule has 0 fully saturated rings. The fraction of sp³-hybridized carbons (Fsp3) is 0.267. The Hall–Kier alpha value is -1.81. The van der Waals surface area contributed by atoms with E-state index in [1.54, 1.807) is 6.20 Å². The molecule has 1 aliphatic carbocycles. The van der Waals surface area contributed by atoms with Gasteiger partial charge in [-0.25, -0.2) is 8.78 Å². The fourth-order valence-electron chi connectivity index (χ4n) is 2.72.